The predicted molar refractivity (Wildman–Crippen MR) is 80.8 cm³/mol. The highest BCUT2D eigenvalue weighted by molar-refractivity contribution is 5.85. The van der Waals surface area contributed by atoms with Crippen LogP contribution in [0.4, 0.5) is 4.39 Å². The van der Waals surface area contributed by atoms with Crippen LogP contribution in [-0.4, -0.2) is 4.98 Å². The van der Waals surface area contributed by atoms with Crippen LogP contribution in [0.1, 0.15) is 18.5 Å². The summed E-state index contributed by atoms with van der Waals surface area (Å²) in [7, 11) is 0. The Morgan fingerprint density at radius 3 is 2.76 bits per heavy atom. The van der Waals surface area contributed by atoms with Crippen LogP contribution in [0.2, 0.25) is 0 Å². The van der Waals surface area contributed by atoms with Crippen LogP contribution in [0.5, 0.6) is 11.5 Å². The maximum atomic E-state index is 13.4. The number of nitrogens with two attached hydrogens (primary N) is 1. The van der Waals surface area contributed by atoms with Crippen LogP contribution in [0.15, 0.2) is 54.7 Å². The monoisotopic (exact) mass is 282 g/mol. The van der Waals surface area contributed by atoms with Crippen LogP contribution in [0.3, 0.4) is 0 Å². The van der Waals surface area contributed by atoms with Gasteiger partial charge in [-0.25, -0.2) is 4.39 Å². The van der Waals surface area contributed by atoms with Crippen LogP contribution in [0.25, 0.3) is 10.9 Å². The molecule has 4 heteroatoms. The number of halogens is 1. The predicted octanol–water partition coefficient (Wildman–Crippen LogP) is 4.19. The van der Waals surface area contributed by atoms with Crippen molar-refractivity contribution in [1.29, 1.82) is 0 Å². The smallest absolute Gasteiger partial charge is 0.136 e. The summed E-state index contributed by atoms with van der Waals surface area (Å²) in [5, 5.41) is 0.903. The van der Waals surface area contributed by atoms with Gasteiger partial charge in [-0.2, -0.15) is 0 Å². The summed E-state index contributed by atoms with van der Waals surface area (Å²) in [5.74, 6) is 0.908. The lowest BCUT2D eigenvalue weighted by molar-refractivity contribution is 0.474. The molecule has 3 nitrogen and oxygen atoms in total. The molecule has 0 aliphatic heterocycles. The first-order valence-corrected chi connectivity index (χ1v) is 6.72. The minimum Gasteiger partial charge on any atom is -0.456 e. The molecule has 0 amide bonds. The molecule has 0 radical (unpaired) electrons. The van der Waals surface area contributed by atoms with Gasteiger partial charge in [0.15, 0.2) is 0 Å². The molecule has 2 aromatic carbocycles. The van der Waals surface area contributed by atoms with E-state index in [0.717, 1.165) is 10.9 Å². The van der Waals surface area contributed by atoms with Crippen molar-refractivity contribution in [2.75, 3.05) is 0 Å². The minimum absolute atomic E-state index is 0.316. The molecule has 1 aromatic heterocycles. The molecule has 0 saturated carbocycles. The van der Waals surface area contributed by atoms with Crippen LogP contribution in [-0.2, 0) is 0 Å². The molecule has 0 bridgehead atoms. The van der Waals surface area contributed by atoms with Crippen molar-refractivity contribution in [2.45, 2.75) is 13.0 Å². The fraction of sp³-hybridized carbons (Fsp3) is 0.118. The fourth-order valence-corrected chi connectivity index (χ4v) is 2.25. The highest BCUT2D eigenvalue weighted by Gasteiger charge is 2.12. The third-order valence-electron chi connectivity index (χ3n) is 3.29. The Morgan fingerprint density at radius 2 is 1.95 bits per heavy atom. The zero-order chi connectivity index (χ0) is 14.8. The average Bonchev–Trinajstić information content (AvgIpc) is 2.49. The summed E-state index contributed by atoms with van der Waals surface area (Å²) in [6.45, 7) is 1.80. The van der Waals surface area contributed by atoms with Crippen molar-refractivity contribution in [3.8, 4) is 11.5 Å². The van der Waals surface area contributed by atoms with Crippen LogP contribution < -0.4 is 10.5 Å². The summed E-state index contributed by atoms with van der Waals surface area (Å²) in [5.41, 5.74) is 7.37. The van der Waals surface area contributed by atoms with Gasteiger partial charge in [0.2, 0.25) is 0 Å². The third-order valence-corrected chi connectivity index (χ3v) is 3.29. The van der Waals surface area contributed by atoms with Crippen LogP contribution in [0, 0.1) is 5.82 Å². The van der Waals surface area contributed by atoms with E-state index in [1.165, 1.54) is 12.1 Å². The van der Waals surface area contributed by atoms with Gasteiger partial charge in [-0.3, -0.25) is 4.98 Å². The van der Waals surface area contributed by atoms with E-state index < -0.39 is 0 Å². The SMILES string of the molecule is C[C@@H](N)c1cc(F)ccc1Oc1cccc2ncccc12. The Labute approximate surface area is 122 Å². The van der Waals surface area contributed by atoms with Crippen molar-refractivity contribution < 1.29 is 9.13 Å². The van der Waals surface area contributed by atoms with Gasteiger partial charge in [0.25, 0.3) is 0 Å². The normalized spacial score (nSPS) is 12.3. The Balaban J connectivity index is 2.07. The van der Waals surface area contributed by atoms with E-state index in [-0.39, 0.29) is 11.9 Å². The molecule has 3 aromatic rings. The Hall–Kier alpha value is -2.46. The fourth-order valence-electron chi connectivity index (χ4n) is 2.25. The molecule has 106 valence electrons. The summed E-state index contributed by atoms with van der Waals surface area (Å²) in [6, 6.07) is 13.5. The number of pyridine rings is 1. The summed E-state index contributed by atoms with van der Waals surface area (Å²) in [6.07, 6.45) is 1.73. The van der Waals surface area contributed by atoms with E-state index in [9.17, 15) is 4.39 Å². The van der Waals surface area contributed by atoms with Crippen molar-refractivity contribution in [3.63, 3.8) is 0 Å². The molecule has 21 heavy (non-hydrogen) atoms. The number of nitrogens with zero attached hydrogens (tertiary/aromatic N) is 1. The Morgan fingerprint density at radius 1 is 1.10 bits per heavy atom. The first kappa shape index (κ1) is 13.5. The van der Waals surface area contributed by atoms with Crippen molar-refractivity contribution >= 4 is 10.9 Å². The molecule has 2 N–H and O–H groups in total. The third kappa shape index (κ3) is 2.71. The van der Waals surface area contributed by atoms with E-state index >= 15 is 0 Å². The van der Waals surface area contributed by atoms with Crippen molar-refractivity contribution in [2.24, 2.45) is 5.73 Å². The highest BCUT2D eigenvalue weighted by atomic mass is 19.1. The van der Waals surface area contributed by atoms with Crippen molar-refractivity contribution in [3.05, 3.63) is 66.1 Å². The van der Waals surface area contributed by atoms with Gasteiger partial charge < -0.3 is 10.5 Å². The lowest BCUT2D eigenvalue weighted by atomic mass is 10.1. The van der Waals surface area contributed by atoms with E-state index in [0.29, 0.717) is 17.1 Å². The topological polar surface area (TPSA) is 48.1 Å². The van der Waals surface area contributed by atoms with E-state index in [2.05, 4.69) is 4.98 Å². The second-order valence-corrected chi connectivity index (χ2v) is 4.90. The molecule has 0 aliphatic carbocycles. The van der Waals surface area contributed by atoms with Gasteiger partial charge in [-0.15, -0.1) is 0 Å². The lowest BCUT2D eigenvalue weighted by Crippen LogP contribution is -2.07. The molecule has 0 saturated heterocycles. The summed E-state index contributed by atoms with van der Waals surface area (Å²) in [4.78, 5) is 4.29. The molecule has 1 atom stereocenters. The number of aromatic nitrogens is 1. The second-order valence-electron chi connectivity index (χ2n) is 4.90. The van der Waals surface area contributed by atoms with Gasteiger partial charge >= 0.3 is 0 Å². The number of ether oxygens (including phenoxy) is 1. The first-order valence-electron chi connectivity index (χ1n) is 6.72. The number of hydrogen-bond acceptors (Lipinski definition) is 3. The molecule has 0 unspecified atom stereocenters. The molecule has 1 heterocycles. The van der Waals surface area contributed by atoms with Gasteiger partial charge in [0.1, 0.15) is 17.3 Å². The van der Waals surface area contributed by atoms with Gasteiger partial charge in [0.05, 0.1) is 5.52 Å². The first-order chi connectivity index (χ1) is 10.1. The van der Waals surface area contributed by atoms with Crippen molar-refractivity contribution in [1.82, 2.24) is 4.98 Å². The quantitative estimate of drug-likeness (QED) is 0.783. The molecule has 0 fully saturated rings. The van der Waals surface area contributed by atoms with Gasteiger partial charge in [0, 0.05) is 23.2 Å². The minimum atomic E-state index is -0.325. The molecular weight excluding hydrogens is 267 g/mol. The van der Waals surface area contributed by atoms with E-state index in [1.54, 1.807) is 19.2 Å². The molecule has 0 spiro atoms. The van der Waals surface area contributed by atoms with Gasteiger partial charge in [-0.1, -0.05) is 6.07 Å². The number of hydrogen-bond donors (Lipinski definition) is 1. The molecule has 3 rings (SSSR count). The Bertz CT molecular complexity index is 781. The zero-order valence-electron chi connectivity index (χ0n) is 11.6. The summed E-state index contributed by atoms with van der Waals surface area (Å²) >= 11 is 0. The van der Waals surface area contributed by atoms with E-state index in [4.69, 9.17) is 10.5 Å². The highest BCUT2D eigenvalue weighted by Crippen LogP contribution is 2.33. The lowest BCUT2D eigenvalue weighted by Gasteiger charge is -2.15. The van der Waals surface area contributed by atoms with Gasteiger partial charge in [-0.05, 0) is 49.4 Å². The maximum Gasteiger partial charge on any atom is 0.136 e. The van der Waals surface area contributed by atoms with E-state index in [1.807, 2.05) is 30.3 Å². The molecule has 0 aliphatic rings. The number of rotatable bonds is 3. The Kier molecular flexibility index (Phi) is 3.54. The zero-order valence-corrected chi connectivity index (χ0v) is 11.6. The number of benzene rings is 2. The average molecular weight is 282 g/mol. The van der Waals surface area contributed by atoms with Crippen LogP contribution >= 0.6 is 0 Å². The largest absolute Gasteiger partial charge is 0.456 e. The summed E-state index contributed by atoms with van der Waals surface area (Å²) < 4.78 is 19.3. The maximum absolute atomic E-state index is 13.4. The molecular formula is C17H15FN2O. The second kappa shape index (κ2) is 5.50. The number of fused-ring (bicyclic) bond motifs is 1. The standard InChI is InChI=1S/C17H15FN2O/c1-11(19)14-10-12(18)7-8-17(14)21-16-6-2-5-15-13(16)4-3-9-20-15/h2-11H,19H2,1H3/t11-/m1/s1.